The molecule has 188 valence electrons. The van der Waals surface area contributed by atoms with E-state index in [2.05, 4.69) is 27.1 Å². The number of benzene rings is 1. The molecule has 1 aliphatic heterocycles. The number of nitrogen functional groups attached to an aromatic ring is 1. The summed E-state index contributed by atoms with van der Waals surface area (Å²) in [6.45, 7) is 3.81. The molecule has 1 aliphatic rings. The number of hydrogen-bond acceptors (Lipinski definition) is 7. The molecule has 4 heterocycles. The van der Waals surface area contributed by atoms with E-state index >= 15 is 0 Å². The Morgan fingerprint density at radius 1 is 1.24 bits per heavy atom. The lowest BCUT2D eigenvalue weighted by atomic mass is 10.0. The van der Waals surface area contributed by atoms with Crippen molar-refractivity contribution in [2.24, 2.45) is 0 Å². The maximum Gasteiger partial charge on any atom is 0.299 e. The third kappa shape index (κ3) is 4.57. The van der Waals surface area contributed by atoms with Crippen molar-refractivity contribution in [1.82, 2.24) is 24.3 Å². The van der Waals surface area contributed by atoms with Crippen LogP contribution in [-0.4, -0.2) is 41.8 Å². The van der Waals surface area contributed by atoms with Crippen molar-refractivity contribution in [3.05, 3.63) is 72.2 Å². The quantitative estimate of drug-likeness (QED) is 0.284. The van der Waals surface area contributed by atoms with Crippen LogP contribution in [0.25, 0.3) is 16.8 Å². The highest BCUT2D eigenvalue weighted by atomic mass is 19.1. The van der Waals surface area contributed by atoms with Gasteiger partial charge in [0, 0.05) is 42.3 Å². The average molecular weight is 500 g/mol. The first-order valence-corrected chi connectivity index (χ1v) is 11.9. The van der Waals surface area contributed by atoms with Gasteiger partial charge >= 0.3 is 0 Å². The minimum atomic E-state index is -1.51. The van der Waals surface area contributed by atoms with Gasteiger partial charge in [-0.1, -0.05) is 30.2 Å². The molecule has 0 radical (unpaired) electrons. The number of amides is 1. The summed E-state index contributed by atoms with van der Waals surface area (Å²) < 4.78 is 15.4. The molecule has 1 aromatic carbocycles. The number of pyridine rings is 1. The smallest absolute Gasteiger partial charge is 0.299 e. The van der Waals surface area contributed by atoms with Crippen LogP contribution < -0.4 is 11.1 Å². The molecule has 1 amide bonds. The summed E-state index contributed by atoms with van der Waals surface area (Å²) in [7, 11) is 0. The van der Waals surface area contributed by atoms with Gasteiger partial charge in [0.15, 0.2) is 5.72 Å². The van der Waals surface area contributed by atoms with E-state index in [1.54, 1.807) is 43.3 Å². The van der Waals surface area contributed by atoms with Gasteiger partial charge in [0.2, 0.25) is 0 Å². The second kappa shape index (κ2) is 9.52. The summed E-state index contributed by atoms with van der Waals surface area (Å²) in [5.41, 5.74) is 7.34. The Balaban J connectivity index is 1.51. The number of carbonyl (C=O) groups is 1. The largest absolute Gasteiger partial charge is 0.382 e. The molecular weight excluding hydrogens is 473 g/mol. The zero-order chi connectivity index (χ0) is 26.2. The molecule has 1 unspecified atom stereocenters. The standard InChI is InChI=1S/C27H26FN7O2/c1-3-5-22(36)34-14-4-6-20(34)26-32-23(24-25(29)31-13-15-35(24)26)17-7-9-18(10-8-17)27(2,37)33-21-16-19(28)11-12-30-21/h7-13,15-16,20,37H,4,6,14H2,1-2H3,(H2,29,31)(H,30,33)/t20-,27?/m0/s1. The van der Waals surface area contributed by atoms with Crippen LogP contribution in [0.15, 0.2) is 55.0 Å². The molecule has 0 spiro atoms. The average Bonchev–Trinajstić information content (AvgIpc) is 3.50. The molecule has 10 heteroatoms. The number of carbonyl (C=O) groups excluding carboxylic acids is 1. The van der Waals surface area contributed by atoms with Crippen molar-refractivity contribution < 1.29 is 14.3 Å². The van der Waals surface area contributed by atoms with Gasteiger partial charge < -0.3 is 21.1 Å². The molecular formula is C27H26FN7O2. The first-order chi connectivity index (χ1) is 17.8. The normalized spacial score (nSPS) is 16.8. The summed E-state index contributed by atoms with van der Waals surface area (Å²) >= 11 is 0. The van der Waals surface area contributed by atoms with Crippen molar-refractivity contribution >= 4 is 23.1 Å². The van der Waals surface area contributed by atoms with Gasteiger partial charge in [-0.3, -0.25) is 9.20 Å². The number of hydrogen-bond donors (Lipinski definition) is 3. The van der Waals surface area contributed by atoms with E-state index < -0.39 is 11.5 Å². The third-order valence-electron chi connectivity index (χ3n) is 6.47. The highest BCUT2D eigenvalue weighted by Gasteiger charge is 2.33. The predicted molar refractivity (Wildman–Crippen MR) is 137 cm³/mol. The number of aromatic nitrogens is 4. The van der Waals surface area contributed by atoms with Gasteiger partial charge in [0.25, 0.3) is 5.91 Å². The Bertz CT molecular complexity index is 1540. The molecule has 1 fully saturated rings. The minimum absolute atomic E-state index is 0.209. The molecule has 9 nitrogen and oxygen atoms in total. The Kier molecular flexibility index (Phi) is 6.23. The molecule has 3 aromatic heterocycles. The van der Waals surface area contributed by atoms with Crippen LogP contribution in [0.1, 0.15) is 44.1 Å². The maximum atomic E-state index is 13.6. The fourth-order valence-electron chi connectivity index (χ4n) is 4.73. The first-order valence-electron chi connectivity index (χ1n) is 11.9. The van der Waals surface area contributed by atoms with E-state index in [1.807, 2.05) is 16.5 Å². The van der Waals surface area contributed by atoms with E-state index in [-0.39, 0.29) is 17.8 Å². The summed E-state index contributed by atoms with van der Waals surface area (Å²) in [5, 5.41) is 13.9. The highest BCUT2D eigenvalue weighted by Crippen LogP contribution is 2.37. The Hall–Kier alpha value is -4.49. The first kappa shape index (κ1) is 24.2. The van der Waals surface area contributed by atoms with E-state index in [0.717, 1.165) is 18.4 Å². The number of anilines is 2. The zero-order valence-electron chi connectivity index (χ0n) is 20.4. The topological polar surface area (TPSA) is 122 Å². The summed E-state index contributed by atoms with van der Waals surface area (Å²) in [4.78, 5) is 27.6. The van der Waals surface area contributed by atoms with Crippen molar-refractivity contribution in [2.45, 2.75) is 38.5 Å². The number of nitrogens with two attached hydrogens (primary N) is 1. The van der Waals surface area contributed by atoms with Gasteiger partial charge in [-0.25, -0.2) is 19.3 Å². The predicted octanol–water partition coefficient (Wildman–Crippen LogP) is 3.48. The number of likely N-dealkylation sites (tertiary alicyclic amines) is 1. The van der Waals surface area contributed by atoms with E-state index in [4.69, 9.17) is 10.7 Å². The number of imidazole rings is 1. The van der Waals surface area contributed by atoms with Crippen molar-refractivity contribution in [2.75, 3.05) is 17.6 Å². The maximum absolute atomic E-state index is 13.6. The highest BCUT2D eigenvalue weighted by molar-refractivity contribution is 5.94. The molecule has 0 saturated carbocycles. The van der Waals surface area contributed by atoms with Gasteiger partial charge in [-0.15, -0.1) is 0 Å². The minimum Gasteiger partial charge on any atom is -0.382 e. The molecule has 1 saturated heterocycles. The van der Waals surface area contributed by atoms with Crippen LogP contribution in [0.3, 0.4) is 0 Å². The lowest BCUT2D eigenvalue weighted by Gasteiger charge is -2.26. The van der Waals surface area contributed by atoms with E-state index in [0.29, 0.717) is 35.0 Å². The van der Waals surface area contributed by atoms with Gasteiger partial charge in [-0.05, 0) is 38.7 Å². The van der Waals surface area contributed by atoms with Crippen molar-refractivity contribution in [3.63, 3.8) is 0 Å². The lowest BCUT2D eigenvalue weighted by Crippen LogP contribution is -2.31. The Morgan fingerprint density at radius 2 is 2.03 bits per heavy atom. The fraction of sp³-hybridized carbons (Fsp3) is 0.259. The summed E-state index contributed by atoms with van der Waals surface area (Å²) in [5.74, 6) is 5.85. The van der Waals surface area contributed by atoms with Gasteiger partial charge in [-0.2, -0.15) is 0 Å². The molecule has 4 aromatic rings. The Morgan fingerprint density at radius 3 is 2.76 bits per heavy atom. The summed E-state index contributed by atoms with van der Waals surface area (Å²) in [6, 6.07) is 9.35. The zero-order valence-corrected chi connectivity index (χ0v) is 20.4. The number of halogens is 1. The molecule has 0 aliphatic carbocycles. The molecule has 5 rings (SSSR count). The van der Waals surface area contributed by atoms with Crippen LogP contribution in [0, 0.1) is 17.7 Å². The van der Waals surface area contributed by atoms with Gasteiger partial charge in [0.05, 0.1) is 6.04 Å². The van der Waals surface area contributed by atoms with Crippen LogP contribution in [0.2, 0.25) is 0 Å². The van der Waals surface area contributed by atoms with Crippen molar-refractivity contribution in [1.29, 1.82) is 0 Å². The molecule has 2 atom stereocenters. The van der Waals surface area contributed by atoms with Gasteiger partial charge in [0.1, 0.15) is 34.5 Å². The number of nitrogens with one attached hydrogen (secondary N) is 1. The number of aliphatic hydroxyl groups is 1. The van der Waals surface area contributed by atoms with Crippen LogP contribution in [0.4, 0.5) is 16.0 Å². The lowest BCUT2D eigenvalue weighted by molar-refractivity contribution is -0.126. The van der Waals surface area contributed by atoms with E-state index in [9.17, 15) is 14.3 Å². The van der Waals surface area contributed by atoms with Crippen LogP contribution in [0.5, 0.6) is 0 Å². The molecule has 37 heavy (non-hydrogen) atoms. The second-order valence-electron chi connectivity index (χ2n) is 9.02. The number of nitrogens with zero attached hydrogens (tertiary/aromatic N) is 5. The monoisotopic (exact) mass is 499 g/mol. The number of fused-ring (bicyclic) bond motifs is 1. The Labute approximate surface area is 213 Å². The fourth-order valence-corrected chi connectivity index (χ4v) is 4.73. The number of rotatable bonds is 5. The second-order valence-corrected chi connectivity index (χ2v) is 9.02. The summed E-state index contributed by atoms with van der Waals surface area (Å²) in [6.07, 6.45) is 6.34. The van der Waals surface area contributed by atoms with Crippen LogP contribution in [-0.2, 0) is 10.5 Å². The van der Waals surface area contributed by atoms with Crippen LogP contribution >= 0.6 is 0 Å². The van der Waals surface area contributed by atoms with E-state index in [1.165, 1.54) is 18.3 Å². The third-order valence-corrected chi connectivity index (χ3v) is 6.47. The molecule has 0 bridgehead atoms. The SMILES string of the molecule is CC#CC(=O)N1CCC[C@H]1c1nc(-c2ccc(C(C)(O)Nc3cc(F)ccn3)cc2)c2c(N)nccn12. The molecule has 4 N–H and O–H groups in total. The van der Waals surface area contributed by atoms with Crippen molar-refractivity contribution in [3.8, 4) is 23.1 Å².